The van der Waals surface area contributed by atoms with Crippen molar-refractivity contribution >= 4 is 5.84 Å². The van der Waals surface area contributed by atoms with Crippen LogP contribution in [-0.2, 0) is 0 Å². The monoisotopic (exact) mass is 206 g/mol. The van der Waals surface area contributed by atoms with E-state index in [0.29, 0.717) is 6.61 Å². The Hall–Kier alpha value is -1.51. The molecule has 15 heavy (non-hydrogen) atoms. The summed E-state index contributed by atoms with van der Waals surface area (Å²) in [6, 6.07) is 6.07. The number of rotatable bonds is 4. The summed E-state index contributed by atoms with van der Waals surface area (Å²) in [7, 11) is 0. The molecule has 0 aliphatic heterocycles. The predicted molar refractivity (Wildman–Crippen MR) is 62.5 cm³/mol. The molecule has 0 bridgehead atoms. The molecule has 0 fully saturated rings. The lowest BCUT2D eigenvalue weighted by atomic mass is 10.1. The van der Waals surface area contributed by atoms with Gasteiger partial charge in [0.2, 0.25) is 0 Å². The summed E-state index contributed by atoms with van der Waals surface area (Å²) in [5.74, 6) is 0.978. The van der Waals surface area contributed by atoms with Gasteiger partial charge in [-0.3, -0.25) is 5.41 Å². The number of hydrogen-bond acceptors (Lipinski definition) is 2. The first-order valence-electron chi connectivity index (χ1n) is 5.04. The van der Waals surface area contributed by atoms with Gasteiger partial charge < -0.3 is 10.5 Å². The summed E-state index contributed by atoms with van der Waals surface area (Å²) in [4.78, 5) is 0. The van der Waals surface area contributed by atoms with Crippen molar-refractivity contribution in [2.45, 2.75) is 20.8 Å². The van der Waals surface area contributed by atoms with Crippen molar-refractivity contribution in [1.82, 2.24) is 0 Å². The van der Waals surface area contributed by atoms with Crippen LogP contribution in [-0.4, -0.2) is 12.4 Å². The Kier molecular flexibility index (Phi) is 3.72. The van der Waals surface area contributed by atoms with E-state index in [4.69, 9.17) is 15.9 Å². The fourth-order valence-corrected chi connectivity index (χ4v) is 1.33. The lowest BCUT2D eigenvalue weighted by Gasteiger charge is -2.12. The number of benzene rings is 1. The second kappa shape index (κ2) is 4.82. The molecule has 3 heteroatoms. The van der Waals surface area contributed by atoms with Crippen molar-refractivity contribution in [3.63, 3.8) is 0 Å². The van der Waals surface area contributed by atoms with Crippen LogP contribution < -0.4 is 10.5 Å². The predicted octanol–water partition coefficient (Wildman–Crippen LogP) is 2.25. The average Bonchev–Trinajstić information content (AvgIpc) is 2.12. The summed E-state index contributed by atoms with van der Waals surface area (Å²) in [5, 5.41) is 7.25. The molecule has 3 nitrogen and oxygen atoms in total. The summed E-state index contributed by atoms with van der Waals surface area (Å²) >= 11 is 0. The van der Waals surface area contributed by atoms with Crippen molar-refractivity contribution in [1.29, 1.82) is 5.41 Å². The highest BCUT2D eigenvalue weighted by Gasteiger charge is 2.06. The molecule has 0 aliphatic rings. The van der Waals surface area contributed by atoms with Crippen LogP contribution in [0, 0.1) is 25.2 Å². The van der Waals surface area contributed by atoms with E-state index >= 15 is 0 Å². The second-order valence-corrected chi connectivity index (χ2v) is 3.99. The quantitative estimate of drug-likeness (QED) is 0.586. The Morgan fingerprint density at radius 2 is 1.87 bits per heavy atom. The second-order valence-electron chi connectivity index (χ2n) is 3.99. The topological polar surface area (TPSA) is 59.1 Å². The summed E-state index contributed by atoms with van der Waals surface area (Å²) < 4.78 is 5.57. The van der Waals surface area contributed by atoms with Crippen LogP contribution in [0.5, 0.6) is 5.75 Å². The minimum atomic E-state index is -0.0363. The number of aryl methyl sites for hydroxylation is 2. The molecule has 0 saturated heterocycles. The van der Waals surface area contributed by atoms with E-state index in [2.05, 4.69) is 6.07 Å². The molecule has 0 aromatic heterocycles. The molecule has 0 aliphatic carbocycles. The molecule has 0 spiro atoms. The summed E-state index contributed by atoms with van der Waals surface area (Å²) in [5.41, 5.74) is 7.73. The van der Waals surface area contributed by atoms with Gasteiger partial charge in [0.15, 0.2) is 0 Å². The molecular weight excluding hydrogens is 188 g/mol. The molecule has 1 rings (SSSR count). The van der Waals surface area contributed by atoms with Crippen molar-refractivity contribution in [3.8, 4) is 5.75 Å². The molecule has 0 radical (unpaired) electrons. The van der Waals surface area contributed by atoms with E-state index in [1.54, 1.807) is 0 Å². The van der Waals surface area contributed by atoms with Gasteiger partial charge in [-0.05, 0) is 37.1 Å². The fourth-order valence-electron chi connectivity index (χ4n) is 1.33. The number of amidine groups is 1. The number of nitrogens with two attached hydrogens (primary N) is 1. The van der Waals surface area contributed by atoms with Gasteiger partial charge in [0.1, 0.15) is 5.75 Å². The van der Waals surface area contributed by atoms with Gasteiger partial charge >= 0.3 is 0 Å². The lowest BCUT2D eigenvalue weighted by molar-refractivity contribution is 0.291. The van der Waals surface area contributed by atoms with E-state index in [9.17, 15) is 0 Å². The zero-order valence-electron chi connectivity index (χ0n) is 9.50. The molecule has 1 aromatic carbocycles. The standard InChI is InChI=1S/C12H18N2O/c1-8-4-9(2)6-11(5-8)15-7-10(3)12(13)14/h4-6,10H,7H2,1-3H3,(H3,13,14). The van der Waals surface area contributed by atoms with E-state index in [-0.39, 0.29) is 11.8 Å². The zero-order valence-corrected chi connectivity index (χ0v) is 9.50. The Morgan fingerprint density at radius 1 is 1.33 bits per heavy atom. The van der Waals surface area contributed by atoms with Crippen LogP contribution in [0.25, 0.3) is 0 Å². The Bertz CT molecular complexity index is 340. The minimum Gasteiger partial charge on any atom is -0.493 e. The maximum Gasteiger partial charge on any atom is 0.119 e. The van der Waals surface area contributed by atoms with Gasteiger partial charge in [0.05, 0.1) is 12.4 Å². The minimum absolute atomic E-state index is 0.0363. The third-order valence-corrected chi connectivity index (χ3v) is 2.23. The first kappa shape index (κ1) is 11.6. The highest BCUT2D eigenvalue weighted by molar-refractivity contribution is 5.79. The largest absolute Gasteiger partial charge is 0.493 e. The van der Waals surface area contributed by atoms with Crippen LogP contribution >= 0.6 is 0 Å². The molecular formula is C12H18N2O. The SMILES string of the molecule is Cc1cc(C)cc(OCC(C)C(=N)N)c1. The van der Waals surface area contributed by atoms with Gasteiger partial charge in [-0.2, -0.15) is 0 Å². The molecule has 82 valence electrons. The lowest BCUT2D eigenvalue weighted by Crippen LogP contribution is -2.25. The fraction of sp³-hybridized carbons (Fsp3) is 0.417. The van der Waals surface area contributed by atoms with Gasteiger partial charge in [-0.25, -0.2) is 0 Å². The van der Waals surface area contributed by atoms with E-state index in [1.807, 2.05) is 32.9 Å². The first-order valence-corrected chi connectivity index (χ1v) is 5.04. The first-order chi connectivity index (χ1) is 6.99. The molecule has 1 aromatic rings. The molecule has 1 unspecified atom stereocenters. The highest BCUT2D eigenvalue weighted by atomic mass is 16.5. The van der Waals surface area contributed by atoms with Crippen LogP contribution in [0.4, 0.5) is 0 Å². The zero-order chi connectivity index (χ0) is 11.4. The highest BCUT2D eigenvalue weighted by Crippen LogP contribution is 2.16. The summed E-state index contributed by atoms with van der Waals surface area (Å²) in [6.07, 6.45) is 0. The van der Waals surface area contributed by atoms with E-state index in [0.717, 1.165) is 5.75 Å². The smallest absolute Gasteiger partial charge is 0.119 e. The van der Waals surface area contributed by atoms with Gasteiger partial charge in [0.25, 0.3) is 0 Å². The Labute approximate surface area is 90.8 Å². The van der Waals surface area contributed by atoms with Crippen molar-refractivity contribution in [3.05, 3.63) is 29.3 Å². The number of hydrogen-bond donors (Lipinski definition) is 2. The van der Waals surface area contributed by atoms with Crippen molar-refractivity contribution in [2.24, 2.45) is 11.7 Å². The van der Waals surface area contributed by atoms with Crippen molar-refractivity contribution < 1.29 is 4.74 Å². The Balaban J connectivity index is 2.61. The van der Waals surface area contributed by atoms with Crippen LogP contribution in [0.15, 0.2) is 18.2 Å². The van der Waals surface area contributed by atoms with Crippen LogP contribution in [0.2, 0.25) is 0 Å². The molecule has 0 heterocycles. The average molecular weight is 206 g/mol. The normalized spacial score (nSPS) is 12.2. The van der Waals surface area contributed by atoms with Crippen molar-refractivity contribution in [2.75, 3.05) is 6.61 Å². The molecule has 0 amide bonds. The molecule has 1 atom stereocenters. The van der Waals surface area contributed by atoms with Gasteiger partial charge in [0, 0.05) is 5.92 Å². The van der Waals surface area contributed by atoms with Gasteiger partial charge in [-0.1, -0.05) is 13.0 Å². The number of nitrogens with one attached hydrogen (secondary N) is 1. The molecule has 0 saturated carbocycles. The van der Waals surface area contributed by atoms with E-state index in [1.165, 1.54) is 11.1 Å². The van der Waals surface area contributed by atoms with E-state index < -0.39 is 0 Å². The van der Waals surface area contributed by atoms with Gasteiger partial charge in [-0.15, -0.1) is 0 Å². The summed E-state index contributed by atoms with van der Waals surface area (Å²) in [6.45, 7) is 6.41. The Morgan fingerprint density at radius 3 is 2.33 bits per heavy atom. The van der Waals surface area contributed by atoms with Crippen LogP contribution in [0.1, 0.15) is 18.1 Å². The third-order valence-electron chi connectivity index (χ3n) is 2.23. The third kappa shape index (κ3) is 3.62. The maximum atomic E-state index is 7.25. The van der Waals surface area contributed by atoms with Crippen LogP contribution in [0.3, 0.4) is 0 Å². The number of ether oxygens (including phenoxy) is 1. The maximum absolute atomic E-state index is 7.25. The molecule has 3 N–H and O–H groups in total.